The van der Waals surface area contributed by atoms with Crippen LogP contribution in [0.3, 0.4) is 0 Å². The van der Waals surface area contributed by atoms with Crippen LogP contribution in [0.15, 0.2) is 24.3 Å². The summed E-state index contributed by atoms with van der Waals surface area (Å²) < 4.78 is 0. The van der Waals surface area contributed by atoms with Gasteiger partial charge in [-0.25, -0.2) is 0 Å². The molecule has 1 saturated carbocycles. The number of hydrogen-bond acceptors (Lipinski definition) is 3. The molecule has 3 rings (SSSR count). The lowest BCUT2D eigenvalue weighted by atomic mass is 9.71. The van der Waals surface area contributed by atoms with E-state index in [4.69, 9.17) is 0 Å². The van der Waals surface area contributed by atoms with Crippen molar-refractivity contribution in [1.82, 2.24) is 5.32 Å². The Bertz CT molecular complexity index is 473. The summed E-state index contributed by atoms with van der Waals surface area (Å²) in [6.07, 6.45) is 5.58. The van der Waals surface area contributed by atoms with E-state index in [-0.39, 0.29) is 5.60 Å². The molecular weight excluding hydrogens is 260 g/mol. The highest BCUT2D eigenvalue weighted by Crippen LogP contribution is 2.40. The number of nitrogens with zero attached hydrogens (tertiary/aromatic N) is 1. The number of aliphatic hydroxyl groups is 1. The number of rotatable bonds is 3. The molecule has 1 aliphatic heterocycles. The number of benzene rings is 1. The Morgan fingerprint density at radius 2 is 2.00 bits per heavy atom. The number of fused-ring (bicyclic) bond motifs is 1. The predicted molar refractivity (Wildman–Crippen MR) is 87.7 cm³/mol. The van der Waals surface area contributed by atoms with Gasteiger partial charge in [-0.1, -0.05) is 25.0 Å². The molecule has 3 heteroatoms. The van der Waals surface area contributed by atoms with E-state index >= 15 is 0 Å². The molecule has 3 nitrogen and oxygen atoms in total. The van der Waals surface area contributed by atoms with Crippen LogP contribution < -0.4 is 10.2 Å². The molecule has 3 atom stereocenters. The second kappa shape index (κ2) is 5.98. The van der Waals surface area contributed by atoms with Crippen LogP contribution in [0, 0.1) is 5.92 Å². The summed E-state index contributed by atoms with van der Waals surface area (Å²) in [5, 5.41) is 14.0. The van der Waals surface area contributed by atoms with Gasteiger partial charge in [-0.2, -0.15) is 0 Å². The summed E-state index contributed by atoms with van der Waals surface area (Å²) in [7, 11) is 1.99. The molecule has 2 aliphatic rings. The van der Waals surface area contributed by atoms with Crippen LogP contribution in [0.4, 0.5) is 5.69 Å². The molecule has 1 heterocycles. The first-order valence-electron chi connectivity index (χ1n) is 8.37. The minimum absolute atomic E-state index is 0.380. The molecule has 0 aromatic heterocycles. The Balaban J connectivity index is 1.70. The van der Waals surface area contributed by atoms with Crippen LogP contribution in [0.5, 0.6) is 0 Å². The minimum atomic E-state index is -0.380. The normalized spacial score (nSPS) is 30.8. The third kappa shape index (κ3) is 2.95. The fourth-order valence-electron chi connectivity index (χ4n) is 3.95. The van der Waals surface area contributed by atoms with Gasteiger partial charge in [0.1, 0.15) is 0 Å². The molecule has 21 heavy (non-hydrogen) atoms. The van der Waals surface area contributed by atoms with Crippen LogP contribution in [0.1, 0.15) is 50.6 Å². The van der Waals surface area contributed by atoms with Crippen molar-refractivity contribution in [2.24, 2.45) is 5.92 Å². The maximum atomic E-state index is 10.8. The van der Waals surface area contributed by atoms with Crippen LogP contribution in [-0.4, -0.2) is 30.8 Å². The number of anilines is 1. The molecule has 0 spiro atoms. The number of piperidine rings is 1. The molecule has 116 valence electrons. The summed E-state index contributed by atoms with van der Waals surface area (Å²) in [5.41, 5.74) is 2.25. The van der Waals surface area contributed by atoms with Crippen molar-refractivity contribution in [3.63, 3.8) is 0 Å². The van der Waals surface area contributed by atoms with Gasteiger partial charge in [0.15, 0.2) is 0 Å². The Morgan fingerprint density at radius 1 is 1.24 bits per heavy atom. The third-order valence-corrected chi connectivity index (χ3v) is 5.62. The first-order chi connectivity index (χ1) is 10.1. The Hall–Kier alpha value is -1.06. The van der Waals surface area contributed by atoms with Crippen molar-refractivity contribution in [3.05, 3.63) is 29.8 Å². The average Bonchev–Trinajstić information content (AvgIpc) is 2.53. The zero-order valence-corrected chi connectivity index (χ0v) is 13.3. The van der Waals surface area contributed by atoms with Crippen molar-refractivity contribution < 1.29 is 5.11 Å². The van der Waals surface area contributed by atoms with Crippen molar-refractivity contribution in [2.75, 3.05) is 25.0 Å². The predicted octanol–water partition coefficient (Wildman–Crippen LogP) is 3.10. The van der Waals surface area contributed by atoms with E-state index < -0.39 is 0 Å². The fraction of sp³-hybridized carbons (Fsp3) is 0.667. The molecule has 0 radical (unpaired) electrons. The van der Waals surface area contributed by atoms with Crippen LogP contribution in [0.2, 0.25) is 0 Å². The number of nitrogens with one attached hydrogen (secondary N) is 1. The zero-order valence-electron chi connectivity index (χ0n) is 13.3. The lowest BCUT2D eigenvalue weighted by molar-refractivity contribution is -0.0612. The Morgan fingerprint density at radius 3 is 2.71 bits per heavy atom. The van der Waals surface area contributed by atoms with Crippen molar-refractivity contribution in [2.45, 2.75) is 50.7 Å². The second-order valence-corrected chi connectivity index (χ2v) is 6.84. The van der Waals surface area contributed by atoms with E-state index in [9.17, 15) is 5.11 Å². The summed E-state index contributed by atoms with van der Waals surface area (Å²) >= 11 is 0. The third-order valence-electron chi connectivity index (χ3n) is 5.62. The minimum Gasteiger partial charge on any atom is -0.389 e. The molecule has 0 amide bonds. The molecule has 2 N–H and O–H groups in total. The Labute approximate surface area is 128 Å². The van der Waals surface area contributed by atoms with Gasteiger partial charge in [-0.3, -0.25) is 0 Å². The first kappa shape index (κ1) is 14.9. The van der Waals surface area contributed by atoms with Crippen molar-refractivity contribution >= 4 is 5.69 Å². The summed E-state index contributed by atoms with van der Waals surface area (Å²) in [6, 6.07) is 9.30. The molecule has 1 aliphatic carbocycles. The highest BCUT2D eigenvalue weighted by atomic mass is 16.3. The van der Waals surface area contributed by atoms with E-state index in [1.165, 1.54) is 30.5 Å². The van der Waals surface area contributed by atoms with Crippen molar-refractivity contribution in [3.8, 4) is 0 Å². The summed E-state index contributed by atoms with van der Waals surface area (Å²) in [6.45, 7) is 4.17. The van der Waals surface area contributed by atoms with E-state index in [1.807, 2.05) is 7.05 Å². The highest BCUT2D eigenvalue weighted by molar-refractivity contribution is 5.48. The fourth-order valence-corrected chi connectivity index (χ4v) is 3.95. The van der Waals surface area contributed by atoms with Gasteiger partial charge < -0.3 is 15.3 Å². The molecule has 0 bridgehead atoms. The van der Waals surface area contributed by atoms with Crippen LogP contribution in [0.25, 0.3) is 0 Å². The molecule has 1 aromatic rings. The lowest BCUT2D eigenvalue weighted by Gasteiger charge is -2.48. The van der Waals surface area contributed by atoms with Gasteiger partial charge in [0.2, 0.25) is 0 Å². The SMILES string of the molecule is CNC(C)c1ccc(N2CCC3(O)CCCCC3C2)cc1. The average molecular weight is 288 g/mol. The maximum Gasteiger partial charge on any atom is 0.0709 e. The van der Waals surface area contributed by atoms with Gasteiger partial charge in [-0.05, 0) is 50.9 Å². The van der Waals surface area contributed by atoms with Crippen molar-refractivity contribution in [1.29, 1.82) is 0 Å². The van der Waals surface area contributed by atoms with E-state index in [0.717, 1.165) is 25.9 Å². The summed E-state index contributed by atoms with van der Waals surface area (Å²) in [5.74, 6) is 0.455. The lowest BCUT2D eigenvalue weighted by Crippen LogP contribution is -2.53. The monoisotopic (exact) mass is 288 g/mol. The summed E-state index contributed by atoms with van der Waals surface area (Å²) in [4.78, 5) is 2.46. The molecule has 2 fully saturated rings. The van der Waals surface area contributed by atoms with Gasteiger partial charge in [0.25, 0.3) is 0 Å². The van der Waals surface area contributed by atoms with E-state index in [1.54, 1.807) is 0 Å². The molecule has 1 saturated heterocycles. The zero-order chi connectivity index (χ0) is 14.9. The smallest absolute Gasteiger partial charge is 0.0709 e. The van der Waals surface area contributed by atoms with Gasteiger partial charge in [0.05, 0.1) is 5.60 Å². The molecule has 3 unspecified atom stereocenters. The molecular formula is C18H28N2O. The standard InChI is InChI=1S/C18H28N2O/c1-14(19-2)15-6-8-17(9-7-15)20-12-11-18(21)10-4-3-5-16(18)13-20/h6-9,14,16,19,21H,3-5,10-13H2,1-2H3. The molecule has 1 aromatic carbocycles. The second-order valence-electron chi connectivity index (χ2n) is 6.84. The van der Waals surface area contributed by atoms with Crippen LogP contribution >= 0.6 is 0 Å². The van der Waals surface area contributed by atoms with Gasteiger partial charge >= 0.3 is 0 Å². The number of hydrogen-bond donors (Lipinski definition) is 2. The van der Waals surface area contributed by atoms with E-state index in [0.29, 0.717) is 12.0 Å². The van der Waals surface area contributed by atoms with Crippen LogP contribution in [-0.2, 0) is 0 Å². The van der Waals surface area contributed by atoms with Gasteiger partial charge in [0, 0.05) is 30.7 Å². The first-order valence-corrected chi connectivity index (χ1v) is 8.37. The highest BCUT2D eigenvalue weighted by Gasteiger charge is 2.42. The topological polar surface area (TPSA) is 35.5 Å². The largest absolute Gasteiger partial charge is 0.389 e. The van der Waals surface area contributed by atoms with Gasteiger partial charge in [-0.15, -0.1) is 0 Å². The quantitative estimate of drug-likeness (QED) is 0.897. The Kier molecular flexibility index (Phi) is 4.23. The maximum absolute atomic E-state index is 10.8. The van der Waals surface area contributed by atoms with E-state index in [2.05, 4.69) is 41.4 Å².